The van der Waals surface area contributed by atoms with Gasteiger partial charge in [0.05, 0.1) is 0 Å². The Morgan fingerprint density at radius 3 is 1.90 bits per heavy atom. The van der Waals surface area contributed by atoms with E-state index in [2.05, 4.69) is 6.92 Å². The third kappa shape index (κ3) is 5.78. The average Bonchev–Trinajstić information content (AvgIpc) is 2.52. The molecule has 2 saturated carbocycles. The summed E-state index contributed by atoms with van der Waals surface area (Å²) in [6, 6.07) is 0. The van der Waals surface area contributed by atoms with Crippen LogP contribution in [0.15, 0.2) is 0 Å². The van der Waals surface area contributed by atoms with Gasteiger partial charge in [0.25, 0.3) is 0 Å². The predicted molar refractivity (Wildman–Crippen MR) is 90.0 cm³/mol. The molecule has 20 heavy (non-hydrogen) atoms. The number of hydrogen-bond donors (Lipinski definition) is 0. The van der Waals surface area contributed by atoms with Crippen molar-refractivity contribution >= 4 is 0 Å². The van der Waals surface area contributed by atoms with Crippen LogP contribution in [0.5, 0.6) is 0 Å². The van der Waals surface area contributed by atoms with Gasteiger partial charge in [-0.05, 0) is 30.6 Å². The lowest BCUT2D eigenvalue weighted by molar-refractivity contribution is 0.162. The van der Waals surface area contributed by atoms with Crippen LogP contribution in [0.2, 0.25) is 0 Å². The van der Waals surface area contributed by atoms with Crippen LogP contribution < -0.4 is 0 Å². The van der Waals surface area contributed by atoms with Crippen molar-refractivity contribution < 1.29 is 0 Å². The van der Waals surface area contributed by atoms with Crippen LogP contribution in [0.4, 0.5) is 0 Å². The van der Waals surface area contributed by atoms with E-state index >= 15 is 0 Å². The van der Waals surface area contributed by atoms with Gasteiger partial charge in [-0.3, -0.25) is 0 Å². The Labute approximate surface area is 128 Å². The van der Waals surface area contributed by atoms with Crippen molar-refractivity contribution in [3.63, 3.8) is 0 Å². The summed E-state index contributed by atoms with van der Waals surface area (Å²) >= 11 is 0. The van der Waals surface area contributed by atoms with Gasteiger partial charge in [-0.1, -0.05) is 96.8 Å². The van der Waals surface area contributed by atoms with E-state index in [-0.39, 0.29) is 0 Å². The minimum absolute atomic E-state index is 1.10. The molecular weight excluding hydrogens is 240 g/mol. The zero-order valence-corrected chi connectivity index (χ0v) is 14.0. The molecule has 2 aliphatic carbocycles. The third-order valence-electron chi connectivity index (χ3n) is 6.17. The van der Waals surface area contributed by atoms with Crippen LogP contribution in [0.3, 0.4) is 0 Å². The SMILES string of the molecule is CCCCCCCCC1CCC(C2CCCCC2)CC1. The van der Waals surface area contributed by atoms with Gasteiger partial charge in [0.15, 0.2) is 0 Å². The zero-order chi connectivity index (χ0) is 14.0. The lowest BCUT2D eigenvalue weighted by Crippen LogP contribution is -2.23. The summed E-state index contributed by atoms with van der Waals surface area (Å²) in [5.74, 6) is 3.34. The maximum Gasteiger partial charge on any atom is -0.0386 e. The molecule has 0 aliphatic heterocycles. The smallest absolute Gasteiger partial charge is 0.0386 e. The highest BCUT2D eigenvalue weighted by atomic mass is 14.3. The monoisotopic (exact) mass is 278 g/mol. The van der Waals surface area contributed by atoms with E-state index in [9.17, 15) is 0 Å². The summed E-state index contributed by atoms with van der Waals surface area (Å²) in [6.07, 6.45) is 24.3. The van der Waals surface area contributed by atoms with Crippen LogP contribution >= 0.6 is 0 Å². The molecule has 2 rings (SSSR count). The number of unbranched alkanes of at least 4 members (excludes halogenated alkanes) is 5. The summed E-state index contributed by atoms with van der Waals surface area (Å²) in [5.41, 5.74) is 0. The zero-order valence-electron chi connectivity index (χ0n) is 14.0. The molecule has 0 saturated heterocycles. The van der Waals surface area contributed by atoms with E-state index in [1.165, 1.54) is 57.8 Å². The van der Waals surface area contributed by atoms with Crippen molar-refractivity contribution in [2.45, 2.75) is 110 Å². The van der Waals surface area contributed by atoms with Crippen molar-refractivity contribution in [1.82, 2.24) is 0 Å². The van der Waals surface area contributed by atoms with Gasteiger partial charge < -0.3 is 0 Å². The molecular formula is C20H38. The fraction of sp³-hybridized carbons (Fsp3) is 1.00. The molecule has 0 N–H and O–H groups in total. The van der Waals surface area contributed by atoms with Gasteiger partial charge in [-0.25, -0.2) is 0 Å². The summed E-state index contributed by atoms with van der Waals surface area (Å²) in [5, 5.41) is 0. The number of rotatable bonds is 8. The Balaban J connectivity index is 1.50. The molecule has 0 heterocycles. The summed E-state index contributed by atoms with van der Waals surface area (Å²) in [7, 11) is 0. The molecule has 0 atom stereocenters. The van der Waals surface area contributed by atoms with Crippen molar-refractivity contribution in [2.75, 3.05) is 0 Å². The van der Waals surface area contributed by atoms with E-state index in [0.717, 1.165) is 17.8 Å². The maximum atomic E-state index is 2.31. The van der Waals surface area contributed by atoms with Crippen LogP contribution in [0.25, 0.3) is 0 Å². The first-order chi connectivity index (χ1) is 9.90. The molecule has 2 aliphatic rings. The largest absolute Gasteiger partial charge is 0.0654 e. The number of hydrogen-bond acceptors (Lipinski definition) is 0. The molecule has 0 aromatic carbocycles. The lowest BCUT2D eigenvalue weighted by atomic mass is 9.70. The molecule has 0 bridgehead atoms. The first-order valence-corrected chi connectivity index (χ1v) is 9.90. The molecule has 0 aromatic rings. The second-order valence-corrected chi connectivity index (χ2v) is 7.74. The van der Waals surface area contributed by atoms with Gasteiger partial charge in [-0.2, -0.15) is 0 Å². The minimum atomic E-state index is 1.10. The molecule has 0 spiro atoms. The summed E-state index contributed by atoms with van der Waals surface area (Å²) in [6.45, 7) is 2.31. The molecule has 0 aromatic heterocycles. The van der Waals surface area contributed by atoms with Crippen molar-refractivity contribution in [1.29, 1.82) is 0 Å². The van der Waals surface area contributed by atoms with E-state index in [1.54, 1.807) is 44.9 Å². The highest BCUT2D eigenvalue weighted by Crippen LogP contribution is 2.41. The molecule has 0 amide bonds. The van der Waals surface area contributed by atoms with Gasteiger partial charge in [0.1, 0.15) is 0 Å². The Hall–Kier alpha value is 0. The van der Waals surface area contributed by atoms with Crippen LogP contribution in [-0.4, -0.2) is 0 Å². The molecule has 118 valence electrons. The summed E-state index contributed by atoms with van der Waals surface area (Å²) < 4.78 is 0. The molecule has 0 heteroatoms. The van der Waals surface area contributed by atoms with E-state index < -0.39 is 0 Å². The Morgan fingerprint density at radius 2 is 1.20 bits per heavy atom. The quantitative estimate of drug-likeness (QED) is 0.414. The topological polar surface area (TPSA) is 0 Å². The van der Waals surface area contributed by atoms with E-state index in [4.69, 9.17) is 0 Å². The standard InChI is InChI=1S/C20H38/c1-2-3-4-5-6-8-11-18-14-16-20(17-15-18)19-12-9-7-10-13-19/h18-20H,2-17H2,1H3. The van der Waals surface area contributed by atoms with Crippen molar-refractivity contribution in [2.24, 2.45) is 17.8 Å². The minimum Gasteiger partial charge on any atom is -0.0654 e. The third-order valence-corrected chi connectivity index (χ3v) is 6.17. The maximum absolute atomic E-state index is 2.31. The van der Waals surface area contributed by atoms with Crippen molar-refractivity contribution in [3.8, 4) is 0 Å². The predicted octanol–water partition coefficient (Wildman–Crippen LogP) is 7.12. The van der Waals surface area contributed by atoms with E-state index in [0.29, 0.717) is 0 Å². The fourth-order valence-corrected chi connectivity index (χ4v) is 4.77. The van der Waals surface area contributed by atoms with Crippen molar-refractivity contribution in [3.05, 3.63) is 0 Å². The second kappa shape index (κ2) is 9.85. The average molecular weight is 279 g/mol. The molecule has 0 radical (unpaired) electrons. The van der Waals surface area contributed by atoms with Gasteiger partial charge in [0, 0.05) is 0 Å². The second-order valence-electron chi connectivity index (χ2n) is 7.74. The fourth-order valence-electron chi connectivity index (χ4n) is 4.77. The van der Waals surface area contributed by atoms with Gasteiger partial charge in [0.2, 0.25) is 0 Å². The van der Waals surface area contributed by atoms with Gasteiger partial charge >= 0.3 is 0 Å². The summed E-state index contributed by atoms with van der Waals surface area (Å²) in [4.78, 5) is 0. The highest BCUT2D eigenvalue weighted by Gasteiger charge is 2.28. The molecule has 0 unspecified atom stereocenters. The Bertz CT molecular complexity index is 218. The Morgan fingerprint density at radius 1 is 0.600 bits per heavy atom. The van der Waals surface area contributed by atoms with Crippen LogP contribution in [-0.2, 0) is 0 Å². The molecule has 2 fully saturated rings. The first kappa shape index (κ1) is 16.4. The highest BCUT2D eigenvalue weighted by molar-refractivity contribution is 4.79. The normalized spacial score (nSPS) is 28.6. The van der Waals surface area contributed by atoms with Crippen LogP contribution in [0.1, 0.15) is 110 Å². The molecule has 0 nitrogen and oxygen atoms in total. The first-order valence-electron chi connectivity index (χ1n) is 9.90. The van der Waals surface area contributed by atoms with E-state index in [1.807, 2.05) is 0 Å². The van der Waals surface area contributed by atoms with Gasteiger partial charge in [-0.15, -0.1) is 0 Å². The van der Waals surface area contributed by atoms with Crippen LogP contribution in [0, 0.1) is 17.8 Å². The Kier molecular flexibility index (Phi) is 8.06. The lowest BCUT2D eigenvalue weighted by Gasteiger charge is -2.36.